The maximum atomic E-state index is 14.0. The maximum absolute atomic E-state index is 14.0. The van der Waals surface area contributed by atoms with Crippen molar-refractivity contribution >= 4 is 15.8 Å². The summed E-state index contributed by atoms with van der Waals surface area (Å²) in [7, 11) is -2.64. The summed E-state index contributed by atoms with van der Waals surface area (Å²) in [5.41, 5.74) is -0.254. The zero-order valence-corrected chi connectivity index (χ0v) is 24.1. The van der Waals surface area contributed by atoms with Gasteiger partial charge in [0, 0.05) is 44.9 Å². The van der Waals surface area contributed by atoms with Crippen LogP contribution in [0.3, 0.4) is 0 Å². The van der Waals surface area contributed by atoms with Crippen LogP contribution in [0.2, 0.25) is 0 Å². The lowest BCUT2D eigenvalue weighted by Gasteiger charge is -2.40. The Morgan fingerprint density at radius 1 is 1.00 bits per heavy atom. The van der Waals surface area contributed by atoms with Gasteiger partial charge in [-0.2, -0.15) is 22.0 Å². The molecule has 228 valence electrons. The molecule has 1 aromatic carbocycles. The smallest absolute Gasteiger partial charge is 0.453 e. The molecule has 0 amide bonds. The lowest BCUT2D eigenvalue weighted by Crippen LogP contribution is -2.56. The van der Waals surface area contributed by atoms with E-state index in [1.165, 1.54) is 30.5 Å². The summed E-state index contributed by atoms with van der Waals surface area (Å²) < 4.78 is 100. The number of sulfone groups is 1. The van der Waals surface area contributed by atoms with Gasteiger partial charge in [0.15, 0.2) is 14.6 Å². The Balaban J connectivity index is 1.82. The van der Waals surface area contributed by atoms with Crippen molar-refractivity contribution in [2.45, 2.75) is 73.8 Å². The molecule has 3 rings (SSSR count). The van der Waals surface area contributed by atoms with Gasteiger partial charge in [-0.25, -0.2) is 8.42 Å². The van der Waals surface area contributed by atoms with Crippen molar-refractivity contribution in [1.29, 1.82) is 0 Å². The molecule has 0 aliphatic carbocycles. The minimum Gasteiger partial charge on any atom is -0.459 e. The summed E-state index contributed by atoms with van der Waals surface area (Å²) in [6, 6.07) is 5.61. The number of carbonyl (C=O) groups is 1. The Morgan fingerprint density at radius 2 is 1.61 bits per heavy atom. The average Bonchev–Trinajstić information content (AvgIpc) is 2.89. The van der Waals surface area contributed by atoms with Gasteiger partial charge in [0.1, 0.15) is 5.60 Å². The van der Waals surface area contributed by atoms with Crippen LogP contribution in [-0.4, -0.2) is 85.1 Å². The summed E-state index contributed by atoms with van der Waals surface area (Å²) in [6.45, 7) is 6.79. The van der Waals surface area contributed by atoms with Crippen molar-refractivity contribution in [3.05, 3.63) is 42.4 Å². The normalized spacial score (nSPS) is 16.9. The first-order valence-corrected chi connectivity index (χ1v) is 14.5. The van der Waals surface area contributed by atoms with E-state index in [4.69, 9.17) is 9.47 Å². The molecule has 0 saturated carbocycles. The Kier molecular flexibility index (Phi) is 9.81. The van der Waals surface area contributed by atoms with E-state index in [1.54, 1.807) is 27.9 Å². The Morgan fingerprint density at radius 3 is 2.10 bits per heavy atom. The van der Waals surface area contributed by atoms with E-state index in [2.05, 4.69) is 9.97 Å². The number of rotatable bonds is 10. The quantitative estimate of drug-likeness (QED) is 0.279. The molecule has 1 aliphatic heterocycles. The van der Waals surface area contributed by atoms with E-state index in [0.29, 0.717) is 31.8 Å². The Labute approximate surface area is 236 Å². The molecule has 0 unspecified atom stereocenters. The van der Waals surface area contributed by atoms with Gasteiger partial charge in [0.2, 0.25) is 0 Å². The van der Waals surface area contributed by atoms with Crippen LogP contribution in [0.4, 0.5) is 22.0 Å². The lowest BCUT2D eigenvalue weighted by molar-refractivity contribution is -0.284. The fraction of sp³-hybridized carbons (Fsp3) is 0.593. The molecule has 1 aromatic heterocycles. The number of halogens is 5. The van der Waals surface area contributed by atoms with Gasteiger partial charge >= 0.3 is 18.1 Å². The molecule has 41 heavy (non-hydrogen) atoms. The first-order valence-electron chi connectivity index (χ1n) is 13.0. The molecule has 2 heterocycles. The predicted octanol–water partition coefficient (Wildman–Crippen LogP) is 4.87. The molecule has 1 fully saturated rings. The number of alkyl halides is 5. The van der Waals surface area contributed by atoms with Gasteiger partial charge in [0.25, 0.3) is 0 Å². The molecule has 0 bridgehead atoms. The second-order valence-electron chi connectivity index (χ2n) is 11.0. The number of carbonyl (C=O) groups excluding carboxylic acids is 1. The average molecular weight is 608 g/mol. The van der Waals surface area contributed by atoms with Crippen LogP contribution in [0.5, 0.6) is 0 Å². The number of benzene rings is 1. The molecular formula is C27H34F5N3O5S. The van der Waals surface area contributed by atoms with E-state index < -0.39 is 51.1 Å². The van der Waals surface area contributed by atoms with E-state index >= 15 is 0 Å². The summed E-state index contributed by atoms with van der Waals surface area (Å²) in [4.78, 5) is 23.3. The predicted molar refractivity (Wildman–Crippen MR) is 140 cm³/mol. The third-order valence-electron chi connectivity index (χ3n) is 6.84. The number of likely N-dealkylation sites (tertiary alicyclic amines) is 1. The van der Waals surface area contributed by atoms with Crippen molar-refractivity contribution in [3.63, 3.8) is 0 Å². The molecule has 0 atom stereocenters. The number of hydrogen-bond donors (Lipinski definition) is 0. The number of piperidine rings is 1. The SMILES string of the molecule is COCCN1CCC(C(=O)OC(C)(C)C)(S(=O)(=O)c2ccc(-c3cnc(CCC(F)(F)C(F)(F)F)cn3)cc2)CC1. The largest absolute Gasteiger partial charge is 0.459 e. The highest BCUT2D eigenvalue weighted by molar-refractivity contribution is 7.93. The van der Waals surface area contributed by atoms with Gasteiger partial charge < -0.3 is 14.4 Å². The number of esters is 1. The van der Waals surface area contributed by atoms with E-state index in [-0.39, 0.29) is 29.1 Å². The molecule has 8 nitrogen and oxygen atoms in total. The van der Waals surface area contributed by atoms with Crippen LogP contribution in [0.1, 0.15) is 45.7 Å². The molecule has 2 aromatic rings. The number of nitrogens with zero attached hydrogens (tertiary/aromatic N) is 3. The van der Waals surface area contributed by atoms with Crippen molar-refractivity contribution < 1.29 is 44.6 Å². The van der Waals surface area contributed by atoms with Gasteiger partial charge in [-0.1, -0.05) is 12.1 Å². The minimum absolute atomic E-state index is 0.0377. The van der Waals surface area contributed by atoms with E-state index in [1.807, 2.05) is 4.90 Å². The lowest BCUT2D eigenvalue weighted by atomic mass is 9.95. The summed E-state index contributed by atoms with van der Waals surface area (Å²) in [5, 5.41) is 0. The summed E-state index contributed by atoms with van der Waals surface area (Å²) in [6.07, 6.45) is -5.35. The molecule has 0 N–H and O–H groups in total. The topological polar surface area (TPSA) is 98.7 Å². The van der Waals surface area contributed by atoms with Crippen molar-refractivity contribution in [3.8, 4) is 11.3 Å². The minimum atomic E-state index is -5.65. The number of aromatic nitrogens is 2. The Bertz CT molecular complexity index is 1290. The van der Waals surface area contributed by atoms with Crippen LogP contribution in [0.25, 0.3) is 11.3 Å². The molecule has 1 aliphatic rings. The van der Waals surface area contributed by atoms with Crippen LogP contribution in [-0.2, 0) is 30.5 Å². The number of methoxy groups -OCH3 is 1. The third-order valence-corrected chi connectivity index (χ3v) is 9.33. The van der Waals surface area contributed by atoms with Crippen LogP contribution in [0, 0.1) is 0 Å². The second-order valence-corrected chi connectivity index (χ2v) is 13.2. The highest BCUT2D eigenvalue weighted by Gasteiger charge is 2.57. The van der Waals surface area contributed by atoms with Crippen molar-refractivity contribution in [2.24, 2.45) is 0 Å². The van der Waals surface area contributed by atoms with E-state index in [0.717, 1.165) is 6.20 Å². The van der Waals surface area contributed by atoms with Crippen LogP contribution >= 0.6 is 0 Å². The van der Waals surface area contributed by atoms with Crippen molar-refractivity contribution in [1.82, 2.24) is 14.9 Å². The number of hydrogen-bond acceptors (Lipinski definition) is 8. The van der Waals surface area contributed by atoms with Crippen LogP contribution in [0.15, 0.2) is 41.6 Å². The van der Waals surface area contributed by atoms with E-state index in [9.17, 15) is 35.2 Å². The molecule has 1 saturated heterocycles. The monoisotopic (exact) mass is 607 g/mol. The standard InChI is InChI=1S/C27H34F5N3O5S/c1-24(2,3)40-23(36)25(11-13-35(14-12-25)15-16-39-4)41(37,38)21-7-5-19(6-8-21)22-18-33-20(17-34-22)9-10-26(28,29)27(30,31)32/h5-8,17-18H,9-16H2,1-4H3. The summed E-state index contributed by atoms with van der Waals surface area (Å²) in [5.74, 6) is -5.65. The summed E-state index contributed by atoms with van der Waals surface area (Å²) >= 11 is 0. The second kappa shape index (κ2) is 12.3. The highest BCUT2D eigenvalue weighted by atomic mass is 32.2. The molecular weight excluding hydrogens is 573 g/mol. The van der Waals surface area contributed by atoms with Gasteiger partial charge in [-0.05, 0) is 52.2 Å². The van der Waals surface area contributed by atoms with Gasteiger partial charge in [-0.15, -0.1) is 0 Å². The fourth-order valence-electron chi connectivity index (χ4n) is 4.40. The first-order chi connectivity index (χ1) is 18.9. The number of ether oxygens (including phenoxy) is 2. The fourth-order valence-corrected chi connectivity index (χ4v) is 6.33. The van der Waals surface area contributed by atoms with Crippen molar-refractivity contribution in [2.75, 3.05) is 33.4 Å². The zero-order valence-electron chi connectivity index (χ0n) is 23.3. The maximum Gasteiger partial charge on any atom is 0.453 e. The molecule has 0 radical (unpaired) electrons. The van der Waals surface area contributed by atoms with Gasteiger partial charge in [-0.3, -0.25) is 14.8 Å². The first kappa shape index (κ1) is 32.8. The van der Waals surface area contributed by atoms with Gasteiger partial charge in [0.05, 0.1) is 29.1 Å². The zero-order chi connectivity index (χ0) is 30.7. The van der Waals surface area contributed by atoms with Crippen LogP contribution < -0.4 is 0 Å². The molecule has 0 spiro atoms. The Hall–Kier alpha value is -2.71. The highest BCUT2D eigenvalue weighted by Crippen LogP contribution is 2.40. The number of aryl methyl sites for hydroxylation is 1. The third kappa shape index (κ3) is 7.58. The molecule has 14 heteroatoms.